The van der Waals surface area contributed by atoms with Gasteiger partial charge >= 0.3 is 0 Å². The van der Waals surface area contributed by atoms with E-state index in [4.69, 9.17) is 5.73 Å². The number of carbonyl (C=O) groups excluding carboxylic acids is 2. The zero-order valence-electron chi connectivity index (χ0n) is 16.8. The van der Waals surface area contributed by atoms with Gasteiger partial charge in [0.05, 0.1) is 0 Å². The molecule has 1 aliphatic rings. The zero-order chi connectivity index (χ0) is 22.0. The van der Waals surface area contributed by atoms with Crippen molar-refractivity contribution in [1.29, 1.82) is 0 Å². The van der Waals surface area contributed by atoms with Crippen molar-refractivity contribution in [3.63, 3.8) is 0 Å². The average molecular weight is 419 g/mol. The van der Waals surface area contributed by atoms with Gasteiger partial charge in [0.25, 0.3) is 0 Å². The highest BCUT2D eigenvalue weighted by Gasteiger charge is 2.39. The van der Waals surface area contributed by atoms with Crippen LogP contribution < -0.4 is 11.1 Å². The van der Waals surface area contributed by atoms with E-state index in [0.29, 0.717) is 6.07 Å². The number of amides is 2. The normalized spacial score (nSPS) is 19.2. The van der Waals surface area contributed by atoms with E-state index in [1.807, 2.05) is 31.2 Å². The van der Waals surface area contributed by atoms with Crippen molar-refractivity contribution in [2.24, 2.45) is 5.73 Å². The Labute approximate surface area is 173 Å². The molecule has 0 bridgehead atoms. The zero-order valence-corrected chi connectivity index (χ0v) is 16.8. The third-order valence-electron chi connectivity index (χ3n) is 5.54. The summed E-state index contributed by atoms with van der Waals surface area (Å²) in [5.41, 5.74) is 7.87. The van der Waals surface area contributed by atoms with Gasteiger partial charge in [-0.2, -0.15) is 0 Å². The Morgan fingerprint density at radius 1 is 1.17 bits per heavy atom. The van der Waals surface area contributed by atoms with E-state index >= 15 is 0 Å². The second kappa shape index (κ2) is 8.87. The van der Waals surface area contributed by atoms with Gasteiger partial charge in [0.2, 0.25) is 11.8 Å². The topological polar surface area (TPSA) is 75.4 Å². The molecule has 5 nitrogen and oxygen atoms in total. The number of rotatable bonds is 5. The van der Waals surface area contributed by atoms with Crippen LogP contribution in [0.25, 0.3) is 0 Å². The summed E-state index contributed by atoms with van der Waals surface area (Å²) in [5, 5.41) is 2.60. The first-order valence-electron chi connectivity index (χ1n) is 9.70. The van der Waals surface area contributed by atoms with Crippen molar-refractivity contribution in [2.45, 2.75) is 44.3 Å². The van der Waals surface area contributed by atoms with Crippen LogP contribution in [-0.4, -0.2) is 35.8 Å². The smallest absolute Gasteiger partial charge is 0.243 e. The Bertz CT molecular complexity index is 967. The number of hydrogen-bond donors (Lipinski definition) is 2. The van der Waals surface area contributed by atoms with Crippen molar-refractivity contribution in [3.05, 3.63) is 70.5 Å². The predicted molar refractivity (Wildman–Crippen MR) is 106 cm³/mol. The number of halogens is 3. The SMILES string of the molecule is CNC(=O)[C@@H]1C(C)c2ccccc2CN1C(=O)CC(N)Cc1cc(F)c(F)cc1F. The Balaban J connectivity index is 1.79. The number of nitrogens with one attached hydrogen (secondary N) is 1. The third-order valence-corrected chi connectivity index (χ3v) is 5.54. The molecule has 0 radical (unpaired) electrons. The molecule has 3 N–H and O–H groups in total. The molecular weight excluding hydrogens is 395 g/mol. The molecule has 0 saturated carbocycles. The molecule has 3 atom stereocenters. The number of nitrogens with two attached hydrogens (primary N) is 1. The maximum Gasteiger partial charge on any atom is 0.243 e. The summed E-state index contributed by atoms with van der Waals surface area (Å²) >= 11 is 0. The lowest BCUT2D eigenvalue weighted by atomic mass is 9.83. The molecule has 0 fully saturated rings. The van der Waals surface area contributed by atoms with Crippen LogP contribution in [-0.2, 0) is 22.6 Å². The number of hydrogen-bond acceptors (Lipinski definition) is 3. The number of benzene rings is 2. The van der Waals surface area contributed by atoms with Crippen molar-refractivity contribution in [3.8, 4) is 0 Å². The number of nitrogens with zero attached hydrogens (tertiary/aromatic N) is 1. The summed E-state index contributed by atoms with van der Waals surface area (Å²) in [6, 6.07) is 7.29. The van der Waals surface area contributed by atoms with Gasteiger partial charge in [-0.15, -0.1) is 0 Å². The Morgan fingerprint density at radius 2 is 1.83 bits per heavy atom. The molecule has 0 aromatic heterocycles. The van der Waals surface area contributed by atoms with Gasteiger partial charge in [-0.05, 0) is 29.2 Å². The molecule has 0 saturated heterocycles. The van der Waals surface area contributed by atoms with Gasteiger partial charge in [0, 0.05) is 38.0 Å². The van der Waals surface area contributed by atoms with Crippen molar-refractivity contribution in [2.75, 3.05) is 7.05 Å². The van der Waals surface area contributed by atoms with Crippen LogP contribution in [0.15, 0.2) is 36.4 Å². The standard InChI is InChI=1S/C22H24F3N3O2/c1-12-16-6-4-3-5-13(16)11-28(21(12)22(30)27-2)20(29)9-15(26)7-14-8-18(24)19(25)10-17(14)23/h3-6,8,10,12,15,21H,7,9,11,26H2,1-2H3,(H,27,30)/t12?,15?,21-/m0/s1. The first-order chi connectivity index (χ1) is 14.2. The highest BCUT2D eigenvalue weighted by atomic mass is 19.2. The van der Waals surface area contributed by atoms with E-state index in [0.717, 1.165) is 17.2 Å². The van der Waals surface area contributed by atoms with Crippen LogP contribution in [0.2, 0.25) is 0 Å². The van der Waals surface area contributed by atoms with Crippen LogP contribution in [0.5, 0.6) is 0 Å². The fourth-order valence-corrected chi connectivity index (χ4v) is 4.02. The maximum atomic E-state index is 13.9. The van der Waals surface area contributed by atoms with Gasteiger partial charge in [0.15, 0.2) is 11.6 Å². The second-order valence-corrected chi connectivity index (χ2v) is 7.59. The minimum atomic E-state index is -1.28. The summed E-state index contributed by atoms with van der Waals surface area (Å²) in [6.45, 7) is 2.14. The summed E-state index contributed by atoms with van der Waals surface area (Å²) in [5.74, 6) is -4.24. The molecule has 2 amide bonds. The number of carbonyl (C=O) groups is 2. The average Bonchev–Trinajstić information content (AvgIpc) is 2.71. The lowest BCUT2D eigenvalue weighted by molar-refractivity contribution is -0.142. The molecule has 2 aromatic carbocycles. The second-order valence-electron chi connectivity index (χ2n) is 7.59. The minimum absolute atomic E-state index is 0.102. The first kappa shape index (κ1) is 21.8. The summed E-state index contributed by atoms with van der Waals surface area (Å²) < 4.78 is 40.4. The fourth-order valence-electron chi connectivity index (χ4n) is 4.02. The van der Waals surface area contributed by atoms with Gasteiger partial charge in [-0.3, -0.25) is 9.59 Å². The summed E-state index contributed by atoms with van der Waals surface area (Å²) in [7, 11) is 1.51. The molecule has 1 aliphatic heterocycles. The molecule has 8 heteroatoms. The van der Waals surface area contributed by atoms with Gasteiger partial charge in [-0.1, -0.05) is 31.2 Å². The molecule has 2 aromatic rings. The van der Waals surface area contributed by atoms with Crippen LogP contribution in [0.3, 0.4) is 0 Å². The van der Waals surface area contributed by atoms with E-state index in [9.17, 15) is 22.8 Å². The van der Waals surface area contributed by atoms with Crippen molar-refractivity contribution >= 4 is 11.8 Å². The molecule has 3 rings (SSSR count). The van der Waals surface area contributed by atoms with Crippen molar-refractivity contribution < 1.29 is 22.8 Å². The summed E-state index contributed by atoms with van der Waals surface area (Å²) in [4.78, 5) is 27.0. The molecule has 2 unspecified atom stereocenters. The molecule has 160 valence electrons. The predicted octanol–water partition coefficient (Wildman–Crippen LogP) is 2.62. The third kappa shape index (κ3) is 4.33. The molecule has 0 aliphatic carbocycles. The lowest BCUT2D eigenvalue weighted by Gasteiger charge is -2.40. The molecular formula is C22H24F3N3O2. The molecule has 0 spiro atoms. The van der Waals surface area contributed by atoms with Crippen LogP contribution in [0.4, 0.5) is 13.2 Å². The fraction of sp³-hybridized carbons (Fsp3) is 0.364. The van der Waals surface area contributed by atoms with E-state index < -0.39 is 29.5 Å². The van der Waals surface area contributed by atoms with Crippen LogP contribution in [0, 0.1) is 17.5 Å². The van der Waals surface area contributed by atoms with Crippen LogP contribution in [0.1, 0.15) is 36.0 Å². The lowest BCUT2D eigenvalue weighted by Crippen LogP contribution is -2.54. The largest absolute Gasteiger partial charge is 0.357 e. The quantitative estimate of drug-likeness (QED) is 0.732. The maximum absolute atomic E-state index is 13.9. The highest BCUT2D eigenvalue weighted by Crippen LogP contribution is 2.33. The molecule has 1 heterocycles. The molecule has 30 heavy (non-hydrogen) atoms. The van der Waals surface area contributed by atoms with Crippen molar-refractivity contribution in [1.82, 2.24) is 10.2 Å². The highest BCUT2D eigenvalue weighted by molar-refractivity contribution is 5.89. The Hall–Kier alpha value is -2.87. The van der Waals surface area contributed by atoms with E-state index in [2.05, 4.69) is 5.32 Å². The van der Waals surface area contributed by atoms with Gasteiger partial charge < -0.3 is 16.0 Å². The van der Waals surface area contributed by atoms with Gasteiger partial charge in [-0.25, -0.2) is 13.2 Å². The van der Waals surface area contributed by atoms with E-state index in [1.54, 1.807) is 0 Å². The minimum Gasteiger partial charge on any atom is -0.357 e. The monoisotopic (exact) mass is 419 g/mol. The Morgan fingerprint density at radius 3 is 2.53 bits per heavy atom. The first-order valence-corrected chi connectivity index (χ1v) is 9.70. The van der Waals surface area contributed by atoms with Gasteiger partial charge in [0.1, 0.15) is 11.9 Å². The Kier molecular flexibility index (Phi) is 6.45. The van der Waals surface area contributed by atoms with Crippen LogP contribution >= 0.6 is 0 Å². The van der Waals surface area contributed by atoms with E-state index in [1.165, 1.54) is 11.9 Å². The number of likely N-dealkylation sites (N-methyl/N-ethyl adjacent to an activating group) is 1. The number of fused-ring (bicyclic) bond motifs is 1. The van der Waals surface area contributed by atoms with E-state index in [-0.39, 0.29) is 42.7 Å². The summed E-state index contributed by atoms with van der Waals surface area (Å²) in [6.07, 6.45) is -0.305.